The Morgan fingerprint density at radius 1 is 1.00 bits per heavy atom. The number of hydrogen-bond acceptors (Lipinski definition) is 2. The van der Waals surface area contributed by atoms with Crippen molar-refractivity contribution in [2.24, 2.45) is 5.92 Å². The quantitative estimate of drug-likeness (QED) is 0.413. The van der Waals surface area contributed by atoms with Gasteiger partial charge in [-0.3, -0.25) is 4.55 Å². The van der Waals surface area contributed by atoms with Gasteiger partial charge in [0.15, 0.2) is 0 Å². The van der Waals surface area contributed by atoms with E-state index in [-0.39, 0.29) is 34.5 Å². The Labute approximate surface area is 157 Å². The fourth-order valence-electron chi connectivity index (χ4n) is 2.72. The molecule has 1 N–H and O–H groups in total. The second kappa shape index (κ2) is 10.8. The predicted octanol–water partition coefficient (Wildman–Crippen LogP) is 4.38. The van der Waals surface area contributed by atoms with Crippen molar-refractivity contribution in [2.45, 2.75) is 70.1 Å². The molecule has 0 bridgehead atoms. The summed E-state index contributed by atoms with van der Waals surface area (Å²) in [6.45, 7) is 6.72. The second-order valence-electron chi connectivity index (χ2n) is 6.12. The number of unbranched alkanes of at least 4 members (excludes halogenated alkanes) is 1. The zero-order chi connectivity index (χ0) is 15.9. The van der Waals surface area contributed by atoms with Gasteiger partial charge in [0, 0.05) is 0 Å². The van der Waals surface area contributed by atoms with Gasteiger partial charge < -0.3 is 0 Å². The van der Waals surface area contributed by atoms with Crippen LogP contribution in [0.1, 0.15) is 70.8 Å². The van der Waals surface area contributed by atoms with Crippen LogP contribution < -0.4 is 0 Å². The van der Waals surface area contributed by atoms with Crippen molar-refractivity contribution < 1.29 is 13.0 Å². The fraction of sp³-hybridized carbons (Fsp3) is 0.647. The summed E-state index contributed by atoms with van der Waals surface area (Å²) < 4.78 is 31.0. The van der Waals surface area contributed by atoms with E-state index < -0.39 is 10.1 Å². The molecule has 0 spiro atoms. The summed E-state index contributed by atoms with van der Waals surface area (Å²) >= 11 is 0. The van der Waals surface area contributed by atoms with Crippen molar-refractivity contribution in [1.82, 2.24) is 0 Å². The molecule has 0 fully saturated rings. The number of rotatable bonds is 9. The monoisotopic (exact) mass is 336 g/mol. The molecule has 1 aromatic carbocycles. The van der Waals surface area contributed by atoms with E-state index in [2.05, 4.69) is 20.8 Å². The molecular formula is C17H29NaO3S. The van der Waals surface area contributed by atoms with Crippen LogP contribution in [-0.2, 0) is 10.1 Å². The van der Waals surface area contributed by atoms with Crippen LogP contribution in [0.3, 0.4) is 0 Å². The standard InChI is InChI=1S/C17H28O3S.Na.H/c1-4-7-14(2)8-5-6-9-15(3)16-10-12-17(13-11-16)21(18,19)20;;/h10-15H,4-9H2,1-3H3,(H,18,19,20);;. The maximum absolute atomic E-state index is 11.0. The van der Waals surface area contributed by atoms with Crippen molar-refractivity contribution in [3.63, 3.8) is 0 Å². The van der Waals surface area contributed by atoms with E-state index in [0.717, 1.165) is 17.9 Å². The molecule has 0 saturated heterocycles. The van der Waals surface area contributed by atoms with E-state index in [1.165, 1.54) is 44.2 Å². The SMILES string of the molecule is CCCC(C)CCCCC(C)c1ccc(S(=O)(=O)O)cc1.[NaH]. The van der Waals surface area contributed by atoms with Crippen LogP contribution >= 0.6 is 0 Å². The van der Waals surface area contributed by atoms with Crippen LogP contribution in [0, 0.1) is 5.92 Å². The van der Waals surface area contributed by atoms with E-state index >= 15 is 0 Å². The Morgan fingerprint density at radius 2 is 1.55 bits per heavy atom. The summed E-state index contributed by atoms with van der Waals surface area (Å²) in [6, 6.07) is 6.55. The van der Waals surface area contributed by atoms with Gasteiger partial charge in [-0.1, -0.05) is 65.0 Å². The Hall–Kier alpha value is 0.130. The Balaban J connectivity index is 0.00000441. The summed E-state index contributed by atoms with van der Waals surface area (Å²) in [5, 5.41) is 0. The molecule has 0 saturated carbocycles. The molecule has 22 heavy (non-hydrogen) atoms. The van der Waals surface area contributed by atoms with Gasteiger partial charge in [-0.2, -0.15) is 8.42 Å². The van der Waals surface area contributed by atoms with Crippen LogP contribution in [0.5, 0.6) is 0 Å². The van der Waals surface area contributed by atoms with Gasteiger partial charge in [-0.25, -0.2) is 0 Å². The van der Waals surface area contributed by atoms with Crippen LogP contribution in [0.15, 0.2) is 29.2 Å². The van der Waals surface area contributed by atoms with Crippen molar-refractivity contribution in [3.05, 3.63) is 29.8 Å². The molecular weight excluding hydrogens is 307 g/mol. The summed E-state index contributed by atoms with van der Waals surface area (Å²) in [5.41, 5.74) is 1.13. The van der Waals surface area contributed by atoms with E-state index in [0.29, 0.717) is 5.92 Å². The van der Waals surface area contributed by atoms with Crippen LogP contribution in [0.25, 0.3) is 0 Å². The van der Waals surface area contributed by atoms with Gasteiger partial charge in [-0.15, -0.1) is 0 Å². The first-order valence-corrected chi connectivity index (χ1v) is 9.36. The summed E-state index contributed by atoms with van der Waals surface area (Å²) in [5.74, 6) is 1.24. The van der Waals surface area contributed by atoms with Crippen molar-refractivity contribution in [3.8, 4) is 0 Å². The van der Waals surface area contributed by atoms with Crippen LogP contribution in [-0.4, -0.2) is 42.5 Å². The van der Waals surface area contributed by atoms with E-state index in [9.17, 15) is 8.42 Å². The minimum atomic E-state index is -4.08. The Kier molecular flexibility index (Phi) is 10.9. The molecule has 0 aliphatic carbocycles. The molecule has 5 heteroatoms. The summed E-state index contributed by atoms with van der Waals surface area (Å²) in [4.78, 5) is -0.0353. The maximum atomic E-state index is 11.0. The molecule has 0 heterocycles. The first kappa shape index (κ1) is 22.1. The van der Waals surface area contributed by atoms with Crippen molar-refractivity contribution >= 4 is 39.7 Å². The molecule has 2 atom stereocenters. The van der Waals surface area contributed by atoms with Gasteiger partial charge in [-0.05, 0) is 36.0 Å². The molecule has 0 amide bonds. The molecule has 2 unspecified atom stereocenters. The van der Waals surface area contributed by atoms with E-state index in [4.69, 9.17) is 4.55 Å². The molecule has 1 aromatic rings. The predicted molar refractivity (Wildman–Crippen MR) is 94.4 cm³/mol. The van der Waals surface area contributed by atoms with Gasteiger partial charge in [0.25, 0.3) is 10.1 Å². The second-order valence-corrected chi connectivity index (χ2v) is 7.54. The zero-order valence-corrected chi connectivity index (χ0v) is 14.2. The molecule has 0 aromatic heterocycles. The zero-order valence-electron chi connectivity index (χ0n) is 13.4. The van der Waals surface area contributed by atoms with Gasteiger partial charge in [0.2, 0.25) is 0 Å². The van der Waals surface area contributed by atoms with E-state index in [1.807, 2.05) is 0 Å². The molecule has 0 aliphatic heterocycles. The normalized spacial score (nSPS) is 14.2. The van der Waals surface area contributed by atoms with Gasteiger partial charge in [0.1, 0.15) is 0 Å². The molecule has 1 rings (SSSR count). The molecule has 0 aliphatic rings. The van der Waals surface area contributed by atoms with Crippen molar-refractivity contribution in [2.75, 3.05) is 0 Å². The van der Waals surface area contributed by atoms with Gasteiger partial charge >= 0.3 is 29.6 Å². The first-order valence-electron chi connectivity index (χ1n) is 7.92. The van der Waals surface area contributed by atoms with Crippen molar-refractivity contribution in [1.29, 1.82) is 0 Å². The molecule has 3 nitrogen and oxygen atoms in total. The third-order valence-electron chi connectivity index (χ3n) is 4.11. The molecule has 0 radical (unpaired) electrons. The average Bonchev–Trinajstić information content (AvgIpc) is 2.43. The number of hydrogen-bond donors (Lipinski definition) is 1. The average molecular weight is 336 g/mol. The first-order chi connectivity index (χ1) is 9.84. The molecule has 122 valence electrons. The van der Waals surface area contributed by atoms with Crippen LogP contribution in [0.4, 0.5) is 0 Å². The Morgan fingerprint density at radius 3 is 2.05 bits per heavy atom. The van der Waals surface area contributed by atoms with Crippen LogP contribution in [0.2, 0.25) is 0 Å². The van der Waals surface area contributed by atoms with E-state index in [1.54, 1.807) is 12.1 Å². The number of benzene rings is 1. The summed E-state index contributed by atoms with van der Waals surface area (Å²) in [6.07, 6.45) is 7.44. The summed E-state index contributed by atoms with van der Waals surface area (Å²) in [7, 11) is -4.08. The Bertz CT molecular complexity index is 511. The topological polar surface area (TPSA) is 54.4 Å². The third-order valence-corrected chi connectivity index (χ3v) is 4.98. The van der Waals surface area contributed by atoms with Gasteiger partial charge in [0.05, 0.1) is 4.90 Å². The third kappa shape index (κ3) is 8.11. The fourth-order valence-corrected chi connectivity index (χ4v) is 3.20. The minimum absolute atomic E-state index is 0.